The number of nitrogens with zero attached hydrogens (tertiary/aromatic N) is 2. The molecule has 2 aromatic carbocycles. The second-order valence-corrected chi connectivity index (χ2v) is 7.90. The van der Waals surface area contributed by atoms with E-state index in [1.54, 1.807) is 0 Å². The number of benzene rings is 2. The van der Waals surface area contributed by atoms with Gasteiger partial charge in [-0.1, -0.05) is 55.7 Å². The molecule has 0 saturated heterocycles. The molecule has 4 heteroatoms. The number of hydrogen-bond acceptors (Lipinski definition) is 4. The van der Waals surface area contributed by atoms with Crippen molar-refractivity contribution in [3.8, 4) is 11.6 Å². The zero-order chi connectivity index (χ0) is 19.9. The molecule has 0 bridgehead atoms. The third kappa shape index (κ3) is 5.57. The Morgan fingerprint density at radius 2 is 1.69 bits per heavy atom. The number of aryl methyl sites for hydroxylation is 2. The first kappa shape index (κ1) is 19.4. The van der Waals surface area contributed by atoms with Crippen LogP contribution in [0.25, 0.3) is 0 Å². The molecule has 1 aromatic heterocycles. The van der Waals surface area contributed by atoms with Crippen molar-refractivity contribution in [1.29, 1.82) is 0 Å². The number of nitrogen functional groups attached to an aromatic ring is 1. The van der Waals surface area contributed by atoms with E-state index in [4.69, 9.17) is 20.4 Å². The van der Waals surface area contributed by atoms with E-state index in [0.717, 1.165) is 30.8 Å². The highest BCUT2D eigenvalue weighted by Gasteiger charge is 2.20. The van der Waals surface area contributed by atoms with Crippen LogP contribution in [0.3, 0.4) is 0 Å². The van der Waals surface area contributed by atoms with Crippen LogP contribution in [0.5, 0.6) is 11.6 Å². The van der Waals surface area contributed by atoms with Gasteiger partial charge in [0.15, 0.2) is 0 Å². The lowest BCUT2D eigenvalue weighted by Gasteiger charge is -2.21. The number of nitrogens with two attached hydrogens (primary N) is 1. The summed E-state index contributed by atoms with van der Waals surface area (Å²) >= 11 is 0. The van der Waals surface area contributed by atoms with Gasteiger partial charge in [0.2, 0.25) is 5.88 Å². The molecule has 0 aliphatic heterocycles. The Labute approximate surface area is 173 Å². The molecule has 1 aliphatic carbocycles. The molecule has 150 valence electrons. The zero-order valence-electron chi connectivity index (χ0n) is 16.9. The number of ether oxygens (including phenoxy) is 1. The molecule has 4 nitrogen and oxygen atoms in total. The van der Waals surface area contributed by atoms with Crippen LogP contribution in [0, 0.1) is 0 Å². The van der Waals surface area contributed by atoms with Crippen LogP contribution >= 0.6 is 0 Å². The molecule has 4 rings (SSSR count). The second kappa shape index (κ2) is 9.55. The monoisotopic (exact) mass is 387 g/mol. The lowest BCUT2D eigenvalue weighted by atomic mass is 9.88. The Kier molecular flexibility index (Phi) is 6.40. The summed E-state index contributed by atoms with van der Waals surface area (Å²) in [5.74, 6) is 2.73. The first-order chi connectivity index (χ1) is 14.3. The van der Waals surface area contributed by atoms with E-state index in [2.05, 4.69) is 30.3 Å². The van der Waals surface area contributed by atoms with E-state index < -0.39 is 0 Å². The fraction of sp³-hybridized carbons (Fsp3) is 0.360. The smallest absolute Gasteiger partial charge is 0.222 e. The molecular formula is C25H29N3O. The largest absolute Gasteiger partial charge is 0.439 e. The van der Waals surface area contributed by atoms with Crippen LogP contribution in [0.4, 0.5) is 5.69 Å². The summed E-state index contributed by atoms with van der Waals surface area (Å²) < 4.78 is 6.06. The van der Waals surface area contributed by atoms with E-state index in [1.165, 1.54) is 37.7 Å². The van der Waals surface area contributed by atoms with Crippen LogP contribution in [0.1, 0.15) is 61.5 Å². The van der Waals surface area contributed by atoms with Crippen molar-refractivity contribution in [2.75, 3.05) is 5.73 Å². The summed E-state index contributed by atoms with van der Waals surface area (Å²) in [6.45, 7) is 0. The molecule has 0 atom stereocenters. The minimum absolute atomic E-state index is 0.445. The summed E-state index contributed by atoms with van der Waals surface area (Å²) in [4.78, 5) is 9.71. The van der Waals surface area contributed by atoms with Crippen molar-refractivity contribution in [2.45, 2.75) is 57.3 Å². The molecule has 0 amide bonds. The predicted octanol–water partition coefficient (Wildman–Crippen LogP) is 6.07. The SMILES string of the molecule is Nc1cccc(Oc2cc(CCCc3ccccc3)nc(C3CCCCC3)n2)c1. The third-order valence-electron chi connectivity index (χ3n) is 5.57. The van der Waals surface area contributed by atoms with Gasteiger partial charge in [0, 0.05) is 29.4 Å². The highest BCUT2D eigenvalue weighted by molar-refractivity contribution is 5.44. The highest BCUT2D eigenvalue weighted by Crippen LogP contribution is 2.32. The first-order valence-corrected chi connectivity index (χ1v) is 10.7. The first-order valence-electron chi connectivity index (χ1n) is 10.7. The van der Waals surface area contributed by atoms with Crippen LogP contribution in [0.15, 0.2) is 60.7 Å². The Hall–Kier alpha value is -2.88. The lowest BCUT2D eigenvalue weighted by molar-refractivity contribution is 0.412. The van der Waals surface area contributed by atoms with Crippen LogP contribution in [0.2, 0.25) is 0 Å². The fourth-order valence-corrected chi connectivity index (χ4v) is 4.03. The summed E-state index contributed by atoms with van der Waals surface area (Å²) in [5, 5.41) is 0. The Bertz CT molecular complexity index is 920. The van der Waals surface area contributed by atoms with Crippen molar-refractivity contribution < 1.29 is 4.74 Å². The van der Waals surface area contributed by atoms with E-state index in [-0.39, 0.29) is 0 Å². The maximum atomic E-state index is 6.06. The van der Waals surface area contributed by atoms with Gasteiger partial charge >= 0.3 is 0 Å². The van der Waals surface area contributed by atoms with E-state index >= 15 is 0 Å². The normalized spacial score (nSPS) is 14.6. The second-order valence-electron chi connectivity index (χ2n) is 7.90. The number of rotatable bonds is 7. The van der Waals surface area contributed by atoms with Crippen LogP contribution in [-0.4, -0.2) is 9.97 Å². The van der Waals surface area contributed by atoms with E-state index in [0.29, 0.717) is 23.2 Å². The topological polar surface area (TPSA) is 61.0 Å². The summed E-state index contributed by atoms with van der Waals surface area (Å²) in [6, 6.07) is 20.1. The minimum Gasteiger partial charge on any atom is -0.439 e. The standard InChI is InChI=1S/C25H29N3O/c26-21-14-8-16-23(17-21)29-24-18-22(15-7-11-19-9-3-1-4-10-19)27-25(28-24)20-12-5-2-6-13-20/h1,3-4,8-10,14,16-18,20H,2,5-7,11-13,15,26H2. The quantitative estimate of drug-likeness (QED) is 0.500. The molecule has 1 heterocycles. The van der Waals surface area contributed by atoms with Crippen LogP contribution < -0.4 is 10.5 Å². The van der Waals surface area contributed by atoms with Gasteiger partial charge in [0.1, 0.15) is 11.6 Å². The molecule has 0 spiro atoms. The maximum absolute atomic E-state index is 6.06. The molecular weight excluding hydrogens is 358 g/mol. The average Bonchev–Trinajstić information content (AvgIpc) is 2.75. The zero-order valence-corrected chi connectivity index (χ0v) is 16.9. The Morgan fingerprint density at radius 1 is 0.862 bits per heavy atom. The lowest BCUT2D eigenvalue weighted by Crippen LogP contribution is -2.11. The van der Waals surface area contributed by atoms with Crippen molar-refractivity contribution in [3.63, 3.8) is 0 Å². The predicted molar refractivity (Wildman–Crippen MR) is 117 cm³/mol. The maximum Gasteiger partial charge on any atom is 0.222 e. The van der Waals surface area contributed by atoms with Gasteiger partial charge in [-0.15, -0.1) is 0 Å². The molecule has 2 N–H and O–H groups in total. The fourth-order valence-electron chi connectivity index (χ4n) is 4.03. The number of aromatic nitrogens is 2. The molecule has 0 radical (unpaired) electrons. The minimum atomic E-state index is 0.445. The summed E-state index contributed by atoms with van der Waals surface area (Å²) in [7, 11) is 0. The van der Waals surface area contributed by atoms with Gasteiger partial charge in [-0.25, -0.2) is 4.98 Å². The Balaban J connectivity index is 1.52. The summed E-state index contributed by atoms with van der Waals surface area (Å²) in [5.41, 5.74) is 9.02. The molecule has 0 unspecified atom stereocenters. The van der Waals surface area contributed by atoms with Gasteiger partial charge in [0.05, 0.1) is 0 Å². The van der Waals surface area contributed by atoms with Crippen molar-refractivity contribution in [3.05, 3.63) is 77.7 Å². The molecule has 3 aromatic rings. The van der Waals surface area contributed by atoms with Crippen molar-refractivity contribution in [1.82, 2.24) is 9.97 Å². The van der Waals surface area contributed by atoms with E-state index in [1.807, 2.05) is 30.3 Å². The number of hydrogen-bond donors (Lipinski definition) is 1. The van der Waals surface area contributed by atoms with Gasteiger partial charge in [-0.3, -0.25) is 0 Å². The highest BCUT2D eigenvalue weighted by atomic mass is 16.5. The van der Waals surface area contributed by atoms with Gasteiger partial charge in [-0.05, 0) is 49.8 Å². The average molecular weight is 388 g/mol. The third-order valence-corrected chi connectivity index (χ3v) is 5.57. The molecule has 1 aliphatic rings. The van der Waals surface area contributed by atoms with Crippen molar-refractivity contribution >= 4 is 5.69 Å². The molecule has 29 heavy (non-hydrogen) atoms. The Morgan fingerprint density at radius 3 is 2.48 bits per heavy atom. The van der Waals surface area contributed by atoms with Crippen molar-refractivity contribution in [2.24, 2.45) is 0 Å². The molecule has 1 fully saturated rings. The number of anilines is 1. The van der Waals surface area contributed by atoms with E-state index in [9.17, 15) is 0 Å². The summed E-state index contributed by atoms with van der Waals surface area (Å²) in [6.07, 6.45) is 9.22. The molecule has 1 saturated carbocycles. The van der Waals surface area contributed by atoms with Gasteiger partial charge in [-0.2, -0.15) is 4.98 Å². The van der Waals surface area contributed by atoms with Gasteiger partial charge < -0.3 is 10.5 Å². The van der Waals surface area contributed by atoms with Gasteiger partial charge in [0.25, 0.3) is 0 Å². The van der Waals surface area contributed by atoms with Crippen LogP contribution in [-0.2, 0) is 12.8 Å².